The lowest BCUT2D eigenvalue weighted by Gasteiger charge is -2.28. The lowest BCUT2D eigenvalue weighted by molar-refractivity contribution is -0.141. The summed E-state index contributed by atoms with van der Waals surface area (Å²) in [5.41, 5.74) is 6.70. The minimum atomic E-state index is -0.748. The van der Waals surface area contributed by atoms with Crippen molar-refractivity contribution in [3.05, 3.63) is 58.1 Å². The zero-order chi connectivity index (χ0) is 25.3. The van der Waals surface area contributed by atoms with Crippen molar-refractivity contribution >= 4 is 23.2 Å². The van der Waals surface area contributed by atoms with E-state index in [1.165, 1.54) is 4.90 Å². The number of carbonyl (C=O) groups excluding carboxylic acids is 2. The predicted molar refractivity (Wildman–Crippen MR) is 134 cm³/mol. The second kappa shape index (κ2) is 10.3. The average molecular weight is 497 g/mol. The molecule has 2 aromatic heterocycles. The zero-order valence-corrected chi connectivity index (χ0v) is 21.6. The lowest BCUT2D eigenvalue weighted by Crippen LogP contribution is -2.48. The molecule has 2 N–H and O–H groups in total. The van der Waals surface area contributed by atoms with Crippen molar-refractivity contribution in [2.45, 2.75) is 65.6 Å². The number of hydrogen-bond acceptors (Lipinski definition) is 7. The van der Waals surface area contributed by atoms with Gasteiger partial charge in [0.2, 0.25) is 11.8 Å². The van der Waals surface area contributed by atoms with Crippen molar-refractivity contribution in [3.63, 3.8) is 0 Å². The summed E-state index contributed by atoms with van der Waals surface area (Å²) in [5, 5.41) is 17.2. The van der Waals surface area contributed by atoms with Gasteiger partial charge in [0.1, 0.15) is 17.7 Å². The maximum atomic E-state index is 13.5. The van der Waals surface area contributed by atoms with Gasteiger partial charge < -0.3 is 19.8 Å². The molecule has 35 heavy (non-hydrogen) atoms. The fourth-order valence-electron chi connectivity index (χ4n) is 4.66. The van der Waals surface area contributed by atoms with Gasteiger partial charge in [0.15, 0.2) is 0 Å². The van der Waals surface area contributed by atoms with Crippen LogP contribution in [0.25, 0.3) is 10.4 Å². The molecule has 0 aliphatic carbocycles. The Balaban J connectivity index is 1.46. The highest BCUT2D eigenvalue weighted by Gasteiger charge is 2.43. The van der Waals surface area contributed by atoms with Crippen molar-refractivity contribution in [2.75, 3.05) is 6.54 Å². The summed E-state index contributed by atoms with van der Waals surface area (Å²) in [5.74, 6) is -0.641. The number of nitrogens with one attached hydrogen (secondary N) is 1. The van der Waals surface area contributed by atoms with Crippen molar-refractivity contribution in [1.82, 2.24) is 20.4 Å². The SMILES string of the molecule is Cc1cc([C@H](C(=O)N2C[C@H](O)C[C@H]2C(=O)NCc2ccc(-c3scnc3C)cc2C)C(C)C)on1. The van der Waals surface area contributed by atoms with Crippen LogP contribution in [0.2, 0.25) is 0 Å². The van der Waals surface area contributed by atoms with E-state index < -0.39 is 18.1 Å². The molecule has 0 radical (unpaired) electrons. The molecule has 0 unspecified atom stereocenters. The summed E-state index contributed by atoms with van der Waals surface area (Å²) >= 11 is 1.61. The molecule has 1 saturated heterocycles. The Morgan fingerprint density at radius 3 is 2.63 bits per heavy atom. The number of aryl methyl sites for hydroxylation is 3. The Hall–Kier alpha value is -3.04. The van der Waals surface area contributed by atoms with Gasteiger partial charge in [0.25, 0.3) is 0 Å². The number of rotatable bonds is 7. The highest BCUT2D eigenvalue weighted by molar-refractivity contribution is 7.13. The number of nitrogens with zero attached hydrogens (tertiary/aromatic N) is 3. The van der Waals surface area contributed by atoms with Crippen molar-refractivity contribution in [3.8, 4) is 10.4 Å². The first-order valence-electron chi connectivity index (χ1n) is 11.8. The van der Waals surface area contributed by atoms with Crippen LogP contribution in [-0.2, 0) is 16.1 Å². The molecule has 1 aliphatic rings. The number of likely N-dealkylation sites (tertiary alicyclic amines) is 1. The lowest BCUT2D eigenvalue weighted by atomic mass is 9.91. The maximum Gasteiger partial charge on any atom is 0.243 e. The molecule has 0 spiro atoms. The Labute approximate surface area is 209 Å². The number of thiazole rings is 1. The van der Waals surface area contributed by atoms with Gasteiger partial charge in [-0.05, 0) is 43.4 Å². The van der Waals surface area contributed by atoms with Crippen LogP contribution in [0.4, 0.5) is 0 Å². The highest BCUT2D eigenvalue weighted by Crippen LogP contribution is 2.31. The van der Waals surface area contributed by atoms with Crippen molar-refractivity contribution in [1.29, 1.82) is 0 Å². The summed E-state index contributed by atoms with van der Waals surface area (Å²) in [6, 6.07) is 7.17. The quantitative estimate of drug-likeness (QED) is 0.516. The van der Waals surface area contributed by atoms with E-state index >= 15 is 0 Å². The largest absolute Gasteiger partial charge is 0.391 e. The summed E-state index contributed by atoms with van der Waals surface area (Å²) in [6.45, 7) is 10.1. The standard InChI is InChI=1S/C26H32N4O4S/c1-14(2)23(22-9-16(4)29-34-22)26(33)30-12-20(31)10-21(30)25(32)27-11-19-7-6-18(8-15(19)3)24-17(5)28-13-35-24/h6-9,13-14,20-21,23,31H,10-12H2,1-5H3,(H,27,32)/t20-,21+,23-/m1/s1. The van der Waals surface area contributed by atoms with Crippen molar-refractivity contribution < 1.29 is 19.2 Å². The van der Waals surface area contributed by atoms with Gasteiger partial charge in [-0.1, -0.05) is 37.2 Å². The van der Waals surface area contributed by atoms with E-state index in [1.807, 2.05) is 45.3 Å². The smallest absolute Gasteiger partial charge is 0.243 e. The molecule has 4 rings (SSSR count). The van der Waals surface area contributed by atoms with Crippen LogP contribution < -0.4 is 5.32 Å². The molecule has 8 nitrogen and oxygen atoms in total. The molecule has 186 valence electrons. The number of aromatic nitrogens is 2. The van der Waals surface area contributed by atoms with Gasteiger partial charge in [-0.15, -0.1) is 11.3 Å². The third-order valence-corrected chi connectivity index (χ3v) is 7.53. The Bertz CT molecular complexity index is 1220. The number of aliphatic hydroxyl groups excluding tert-OH is 1. The average Bonchev–Trinajstić information content (AvgIpc) is 3.52. The molecule has 1 aliphatic heterocycles. The van der Waals surface area contributed by atoms with Crippen LogP contribution >= 0.6 is 11.3 Å². The van der Waals surface area contributed by atoms with Crippen molar-refractivity contribution in [2.24, 2.45) is 5.92 Å². The minimum absolute atomic E-state index is 0.0559. The molecule has 0 bridgehead atoms. The van der Waals surface area contributed by atoms with Gasteiger partial charge in [0.05, 0.1) is 27.9 Å². The summed E-state index contributed by atoms with van der Waals surface area (Å²) in [6.07, 6.45) is -0.539. The first-order valence-corrected chi connectivity index (χ1v) is 12.7. The normalized spacial score (nSPS) is 18.8. The highest BCUT2D eigenvalue weighted by atomic mass is 32.1. The van der Waals surface area contributed by atoms with Gasteiger partial charge >= 0.3 is 0 Å². The molecule has 3 aromatic rings. The van der Waals surface area contributed by atoms with E-state index in [4.69, 9.17) is 4.52 Å². The molecule has 1 fully saturated rings. The van der Waals surface area contributed by atoms with E-state index in [9.17, 15) is 14.7 Å². The number of benzene rings is 1. The van der Waals surface area contributed by atoms with Crippen LogP contribution in [0.15, 0.2) is 34.3 Å². The first-order chi connectivity index (χ1) is 16.7. The third kappa shape index (κ3) is 5.31. The Morgan fingerprint density at radius 2 is 2.03 bits per heavy atom. The Morgan fingerprint density at radius 1 is 1.26 bits per heavy atom. The van der Waals surface area contributed by atoms with Gasteiger partial charge in [-0.25, -0.2) is 4.98 Å². The first kappa shape index (κ1) is 25.1. The molecule has 9 heteroatoms. The zero-order valence-electron chi connectivity index (χ0n) is 20.7. The number of aliphatic hydroxyl groups is 1. The summed E-state index contributed by atoms with van der Waals surface area (Å²) in [4.78, 5) is 33.6. The summed E-state index contributed by atoms with van der Waals surface area (Å²) < 4.78 is 5.39. The molecule has 3 atom stereocenters. The van der Waals surface area contributed by atoms with Gasteiger partial charge in [-0.2, -0.15) is 0 Å². The monoisotopic (exact) mass is 496 g/mol. The molecular formula is C26H32N4O4S. The van der Waals surface area contributed by atoms with E-state index in [1.54, 1.807) is 24.3 Å². The fourth-order valence-corrected chi connectivity index (χ4v) is 5.47. The molecule has 3 heterocycles. The predicted octanol–water partition coefficient (Wildman–Crippen LogP) is 3.74. The topological polar surface area (TPSA) is 109 Å². The number of β-amino-alcohol motifs (C(OH)–C–C–N with tert-alkyl or cyclic N) is 1. The van der Waals surface area contributed by atoms with Crippen LogP contribution in [-0.4, -0.2) is 50.7 Å². The van der Waals surface area contributed by atoms with E-state index in [2.05, 4.69) is 21.5 Å². The fraction of sp³-hybridized carbons (Fsp3) is 0.462. The third-order valence-electron chi connectivity index (χ3n) is 6.55. The Kier molecular flexibility index (Phi) is 7.37. The van der Waals surface area contributed by atoms with E-state index in [-0.39, 0.29) is 30.7 Å². The molecule has 2 amide bonds. The number of carbonyl (C=O) groups is 2. The van der Waals surface area contributed by atoms with Crippen LogP contribution in [0.1, 0.15) is 54.5 Å². The van der Waals surface area contributed by atoms with E-state index in [0.717, 1.165) is 27.3 Å². The minimum Gasteiger partial charge on any atom is -0.391 e. The molecule has 1 aromatic carbocycles. The van der Waals surface area contributed by atoms with E-state index in [0.29, 0.717) is 18.0 Å². The van der Waals surface area contributed by atoms with Crippen LogP contribution in [0, 0.1) is 26.7 Å². The summed E-state index contributed by atoms with van der Waals surface area (Å²) in [7, 11) is 0. The second-order valence-electron chi connectivity index (χ2n) is 9.61. The molecular weight excluding hydrogens is 464 g/mol. The van der Waals surface area contributed by atoms with Crippen LogP contribution in [0.5, 0.6) is 0 Å². The second-order valence-corrected chi connectivity index (χ2v) is 10.5. The maximum absolute atomic E-state index is 13.5. The van der Waals surface area contributed by atoms with Gasteiger partial charge in [-0.3, -0.25) is 9.59 Å². The number of amides is 2. The van der Waals surface area contributed by atoms with Crippen LogP contribution in [0.3, 0.4) is 0 Å². The van der Waals surface area contributed by atoms with Gasteiger partial charge in [0, 0.05) is 25.6 Å². The molecule has 0 saturated carbocycles. The number of hydrogen-bond donors (Lipinski definition) is 2.